The highest BCUT2D eigenvalue weighted by Crippen LogP contribution is 2.30. The van der Waals surface area contributed by atoms with Crippen LogP contribution in [0, 0.1) is 11.8 Å². The summed E-state index contributed by atoms with van der Waals surface area (Å²) < 4.78 is 11.6. The third-order valence-corrected chi connectivity index (χ3v) is 4.32. The van der Waals surface area contributed by atoms with Crippen molar-refractivity contribution >= 4 is 23.3 Å². The van der Waals surface area contributed by atoms with Crippen molar-refractivity contribution in [3.8, 4) is 11.5 Å². The molecule has 2 amide bonds. The third kappa shape index (κ3) is 6.47. The first kappa shape index (κ1) is 21.6. The van der Waals surface area contributed by atoms with Crippen LogP contribution in [0.3, 0.4) is 0 Å². The molecule has 0 radical (unpaired) electrons. The minimum atomic E-state index is -0.319. The first-order valence-corrected chi connectivity index (χ1v) is 10.3. The summed E-state index contributed by atoms with van der Waals surface area (Å²) in [5.74, 6) is 1.73. The molecule has 2 N–H and O–H groups in total. The Kier molecular flexibility index (Phi) is 6.92. The fourth-order valence-electron chi connectivity index (χ4n) is 2.71. The molecule has 0 atom stereocenters. The van der Waals surface area contributed by atoms with E-state index in [0.29, 0.717) is 41.1 Å². The highest BCUT2D eigenvalue weighted by atomic mass is 16.5. The zero-order valence-corrected chi connectivity index (χ0v) is 17.9. The van der Waals surface area contributed by atoms with Gasteiger partial charge in [0.2, 0.25) is 5.91 Å². The van der Waals surface area contributed by atoms with Gasteiger partial charge in [0.05, 0.1) is 24.6 Å². The van der Waals surface area contributed by atoms with E-state index in [1.54, 1.807) is 30.3 Å². The minimum Gasteiger partial charge on any atom is -0.493 e. The van der Waals surface area contributed by atoms with E-state index in [9.17, 15) is 9.59 Å². The van der Waals surface area contributed by atoms with E-state index in [4.69, 9.17) is 9.47 Å². The molecule has 0 aliphatic heterocycles. The van der Waals surface area contributed by atoms with Gasteiger partial charge in [-0.25, -0.2) is 4.98 Å². The van der Waals surface area contributed by atoms with Crippen molar-refractivity contribution in [2.24, 2.45) is 11.8 Å². The largest absolute Gasteiger partial charge is 0.493 e. The number of nitrogens with zero attached hydrogens (tertiary/aromatic N) is 1. The van der Waals surface area contributed by atoms with Gasteiger partial charge in [0.25, 0.3) is 5.91 Å². The molecule has 1 aliphatic rings. The van der Waals surface area contributed by atoms with Crippen molar-refractivity contribution < 1.29 is 19.1 Å². The van der Waals surface area contributed by atoms with Crippen molar-refractivity contribution in [1.82, 2.24) is 4.98 Å². The van der Waals surface area contributed by atoms with Crippen LogP contribution in [0.25, 0.3) is 0 Å². The smallest absolute Gasteiger partial charge is 0.257 e. The number of anilines is 2. The molecule has 1 heterocycles. The predicted octanol–water partition coefficient (Wildman–Crippen LogP) is 4.50. The Morgan fingerprint density at radius 1 is 1.07 bits per heavy atom. The van der Waals surface area contributed by atoms with Crippen LogP contribution in [0.15, 0.2) is 36.5 Å². The first-order valence-electron chi connectivity index (χ1n) is 10.3. The monoisotopic (exact) mass is 411 g/mol. The summed E-state index contributed by atoms with van der Waals surface area (Å²) in [6.45, 7) is 8.51. The topological polar surface area (TPSA) is 89.5 Å². The van der Waals surface area contributed by atoms with E-state index in [1.807, 2.05) is 13.8 Å². The van der Waals surface area contributed by atoms with Crippen molar-refractivity contribution in [1.29, 1.82) is 0 Å². The molecule has 0 unspecified atom stereocenters. The number of benzene rings is 1. The van der Waals surface area contributed by atoms with Gasteiger partial charge in [-0.2, -0.15) is 0 Å². The lowest BCUT2D eigenvalue weighted by molar-refractivity contribution is -0.117. The lowest BCUT2D eigenvalue weighted by Crippen LogP contribution is -2.15. The molecule has 1 aliphatic carbocycles. The van der Waals surface area contributed by atoms with Gasteiger partial charge in [-0.1, -0.05) is 13.8 Å². The molecular formula is C23H29N3O4. The summed E-state index contributed by atoms with van der Waals surface area (Å²) in [6, 6.07) is 8.54. The van der Waals surface area contributed by atoms with E-state index in [1.165, 1.54) is 6.20 Å². The fraction of sp³-hybridized carbons (Fsp3) is 0.435. The lowest BCUT2D eigenvalue weighted by Gasteiger charge is -2.15. The van der Waals surface area contributed by atoms with Gasteiger partial charge < -0.3 is 20.1 Å². The number of hydrogen-bond acceptors (Lipinski definition) is 5. The number of carbonyl (C=O) groups excluding carboxylic acids is 2. The number of hydrogen-bond donors (Lipinski definition) is 2. The van der Waals surface area contributed by atoms with Gasteiger partial charge in [-0.3, -0.25) is 9.59 Å². The first-order chi connectivity index (χ1) is 14.3. The second-order valence-electron chi connectivity index (χ2n) is 8.21. The Hall–Kier alpha value is -3.09. The highest BCUT2D eigenvalue weighted by molar-refractivity contribution is 6.04. The number of nitrogens with one attached hydrogen (secondary N) is 2. The number of pyridine rings is 1. The molecule has 0 spiro atoms. The molecule has 1 fully saturated rings. The number of rotatable bonds is 9. The Labute approximate surface area is 177 Å². The molecule has 1 aromatic carbocycles. The predicted molar refractivity (Wildman–Crippen MR) is 116 cm³/mol. The van der Waals surface area contributed by atoms with Gasteiger partial charge >= 0.3 is 0 Å². The molecule has 1 saturated carbocycles. The second-order valence-corrected chi connectivity index (χ2v) is 8.21. The molecule has 0 saturated heterocycles. The molecular weight excluding hydrogens is 382 g/mol. The standard InChI is InChI=1S/C23H29N3O4/c1-14(2)13-29-19-9-17(10-20(11-19)30-15(3)4)23(28)26-21-8-7-18(12-24-21)25-22(27)16-5-6-16/h7-12,14-16H,5-6,13H2,1-4H3,(H,25,27)(H,24,26,28). The van der Waals surface area contributed by atoms with E-state index in [2.05, 4.69) is 29.5 Å². The molecule has 3 rings (SSSR count). The van der Waals surface area contributed by atoms with E-state index in [-0.39, 0.29) is 23.8 Å². The van der Waals surface area contributed by atoms with Gasteiger partial charge in [-0.05, 0) is 56.9 Å². The maximum atomic E-state index is 12.8. The quantitative estimate of drug-likeness (QED) is 0.634. The maximum Gasteiger partial charge on any atom is 0.257 e. The number of ether oxygens (including phenoxy) is 2. The third-order valence-electron chi connectivity index (χ3n) is 4.32. The van der Waals surface area contributed by atoms with Gasteiger partial charge in [0.1, 0.15) is 17.3 Å². The van der Waals surface area contributed by atoms with Crippen LogP contribution in [-0.2, 0) is 4.79 Å². The van der Waals surface area contributed by atoms with E-state index < -0.39 is 0 Å². The Balaban J connectivity index is 1.69. The molecule has 30 heavy (non-hydrogen) atoms. The number of amides is 2. The number of aromatic nitrogens is 1. The molecule has 7 nitrogen and oxygen atoms in total. The Morgan fingerprint density at radius 2 is 1.80 bits per heavy atom. The van der Waals surface area contributed by atoms with Crippen molar-refractivity contribution in [2.75, 3.05) is 17.2 Å². The molecule has 7 heteroatoms. The van der Waals surface area contributed by atoms with Gasteiger partial charge in [0, 0.05) is 17.5 Å². The summed E-state index contributed by atoms with van der Waals surface area (Å²) in [4.78, 5) is 28.8. The minimum absolute atomic E-state index is 0.0180. The summed E-state index contributed by atoms with van der Waals surface area (Å²) >= 11 is 0. The van der Waals surface area contributed by atoms with Crippen LogP contribution < -0.4 is 20.1 Å². The number of carbonyl (C=O) groups is 2. The normalized spacial score (nSPS) is 13.3. The van der Waals surface area contributed by atoms with E-state index in [0.717, 1.165) is 12.8 Å². The summed E-state index contributed by atoms with van der Waals surface area (Å²) in [5, 5.41) is 5.60. The van der Waals surface area contributed by atoms with Crippen LogP contribution in [-0.4, -0.2) is 29.5 Å². The van der Waals surface area contributed by atoms with Crippen LogP contribution in [0.5, 0.6) is 11.5 Å². The van der Waals surface area contributed by atoms with E-state index >= 15 is 0 Å². The summed E-state index contributed by atoms with van der Waals surface area (Å²) in [7, 11) is 0. The SMILES string of the molecule is CC(C)COc1cc(OC(C)C)cc(C(=O)Nc2ccc(NC(=O)C3CC3)cn2)c1. The molecule has 1 aromatic heterocycles. The Morgan fingerprint density at radius 3 is 2.40 bits per heavy atom. The Bertz CT molecular complexity index is 890. The van der Waals surface area contributed by atoms with Crippen molar-refractivity contribution in [3.63, 3.8) is 0 Å². The average molecular weight is 412 g/mol. The summed E-state index contributed by atoms with van der Waals surface area (Å²) in [6.07, 6.45) is 3.39. The van der Waals surface area contributed by atoms with Gasteiger partial charge in [0.15, 0.2) is 0 Å². The molecule has 2 aromatic rings. The molecule has 0 bridgehead atoms. The van der Waals surface area contributed by atoms with Crippen LogP contribution >= 0.6 is 0 Å². The maximum absolute atomic E-state index is 12.8. The van der Waals surface area contributed by atoms with Gasteiger partial charge in [-0.15, -0.1) is 0 Å². The second kappa shape index (κ2) is 9.61. The van der Waals surface area contributed by atoms with Crippen molar-refractivity contribution in [3.05, 3.63) is 42.1 Å². The van der Waals surface area contributed by atoms with Crippen molar-refractivity contribution in [2.45, 2.75) is 46.6 Å². The lowest BCUT2D eigenvalue weighted by atomic mass is 10.1. The van der Waals surface area contributed by atoms with Crippen LogP contribution in [0.1, 0.15) is 50.9 Å². The summed E-state index contributed by atoms with van der Waals surface area (Å²) in [5.41, 5.74) is 1.03. The van der Waals surface area contributed by atoms with Crippen LogP contribution in [0.2, 0.25) is 0 Å². The zero-order valence-electron chi connectivity index (χ0n) is 17.9. The highest BCUT2D eigenvalue weighted by Gasteiger charge is 2.29. The fourth-order valence-corrected chi connectivity index (χ4v) is 2.71. The molecule has 160 valence electrons. The van der Waals surface area contributed by atoms with Crippen LogP contribution in [0.4, 0.5) is 11.5 Å². The average Bonchev–Trinajstić information content (AvgIpc) is 3.52. The zero-order chi connectivity index (χ0) is 21.7.